The molecule has 1 aromatic heterocycles. The molecule has 1 amide bonds. The van der Waals surface area contributed by atoms with Crippen molar-refractivity contribution in [3.8, 4) is 11.5 Å². The molecule has 29 heavy (non-hydrogen) atoms. The highest BCUT2D eigenvalue weighted by Crippen LogP contribution is 2.31. The lowest BCUT2D eigenvalue weighted by Crippen LogP contribution is -2.25. The largest absolute Gasteiger partial charge is 0.493 e. The number of hydrogen-bond acceptors (Lipinski definition) is 4. The molecule has 1 unspecified atom stereocenters. The second-order valence-corrected chi connectivity index (χ2v) is 7.10. The standard InChI is InChI=1S/C23H25N3O3/c1-3-12-25-16-17(15-22(25)27)23-24-18-8-4-5-9-19(18)26(23)13-14-29-21-11-7-6-10-20(21)28-2/h3-11,17H,1,12-16H2,2H3. The molecule has 3 aromatic rings. The van der Waals surface area contributed by atoms with Crippen molar-refractivity contribution in [2.45, 2.75) is 18.9 Å². The van der Waals surface area contributed by atoms with Crippen molar-refractivity contribution < 1.29 is 14.3 Å². The molecule has 2 aromatic carbocycles. The highest BCUT2D eigenvalue weighted by molar-refractivity contribution is 5.81. The summed E-state index contributed by atoms with van der Waals surface area (Å²) in [5, 5.41) is 0. The highest BCUT2D eigenvalue weighted by atomic mass is 16.5. The molecule has 6 nitrogen and oxygen atoms in total. The number of rotatable bonds is 8. The van der Waals surface area contributed by atoms with Crippen LogP contribution in [0.15, 0.2) is 61.2 Å². The molecule has 150 valence electrons. The number of carbonyl (C=O) groups excluding carboxylic acids is 1. The van der Waals surface area contributed by atoms with Crippen LogP contribution >= 0.6 is 0 Å². The van der Waals surface area contributed by atoms with Gasteiger partial charge in [-0.1, -0.05) is 30.3 Å². The quantitative estimate of drug-likeness (QED) is 0.550. The third-order valence-corrected chi connectivity index (χ3v) is 5.25. The molecule has 1 aliphatic heterocycles. The lowest BCUT2D eigenvalue weighted by Gasteiger charge is -2.16. The topological polar surface area (TPSA) is 56.6 Å². The first-order chi connectivity index (χ1) is 14.2. The zero-order valence-corrected chi connectivity index (χ0v) is 16.6. The van der Waals surface area contributed by atoms with Crippen molar-refractivity contribution in [1.29, 1.82) is 0 Å². The molecule has 0 bridgehead atoms. The van der Waals surface area contributed by atoms with E-state index in [0.29, 0.717) is 44.2 Å². The van der Waals surface area contributed by atoms with Crippen LogP contribution in [0.2, 0.25) is 0 Å². The van der Waals surface area contributed by atoms with Gasteiger partial charge in [-0.15, -0.1) is 6.58 Å². The van der Waals surface area contributed by atoms with E-state index in [0.717, 1.165) is 16.9 Å². The maximum Gasteiger partial charge on any atom is 0.223 e. The average molecular weight is 391 g/mol. The van der Waals surface area contributed by atoms with Crippen molar-refractivity contribution in [2.24, 2.45) is 0 Å². The van der Waals surface area contributed by atoms with E-state index in [1.165, 1.54) is 0 Å². The molecular weight excluding hydrogens is 366 g/mol. The minimum atomic E-state index is 0.0705. The predicted molar refractivity (Wildman–Crippen MR) is 112 cm³/mol. The zero-order valence-electron chi connectivity index (χ0n) is 16.6. The van der Waals surface area contributed by atoms with Gasteiger partial charge >= 0.3 is 0 Å². The van der Waals surface area contributed by atoms with Crippen LogP contribution in [-0.2, 0) is 11.3 Å². The Kier molecular flexibility index (Phi) is 5.51. The number of likely N-dealkylation sites (tertiary alicyclic amines) is 1. The summed E-state index contributed by atoms with van der Waals surface area (Å²) in [5.41, 5.74) is 2.00. The smallest absolute Gasteiger partial charge is 0.223 e. The summed E-state index contributed by atoms with van der Waals surface area (Å²) in [7, 11) is 1.63. The van der Waals surface area contributed by atoms with Crippen molar-refractivity contribution in [3.05, 3.63) is 67.0 Å². The number of amides is 1. The van der Waals surface area contributed by atoms with Crippen molar-refractivity contribution in [3.63, 3.8) is 0 Å². The first-order valence-corrected chi connectivity index (χ1v) is 9.81. The van der Waals surface area contributed by atoms with Gasteiger partial charge in [-0.05, 0) is 24.3 Å². The van der Waals surface area contributed by atoms with E-state index in [4.69, 9.17) is 14.5 Å². The van der Waals surface area contributed by atoms with Crippen LogP contribution < -0.4 is 9.47 Å². The molecule has 2 heterocycles. The maximum absolute atomic E-state index is 12.3. The van der Waals surface area contributed by atoms with Crippen molar-refractivity contribution in [1.82, 2.24) is 14.5 Å². The second kappa shape index (κ2) is 8.39. The molecule has 0 N–H and O–H groups in total. The highest BCUT2D eigenvalue weighted by Gasteiger charge is 2.33. The Morgan fingerprint density at radius 1 is 1.17 bits per heavy atom. The number of fused-ring (bicyclic) bond motifs is 1. The first kappa shape index (κ1) is 19.1. The molecule has 1 aliphatic rings. The number of nitrogens with zero attached hydrogens (tertiary/aromatic N) is 3. The summed E-state index contributed by atoms with van der Waals surface area (Å²) in [4.78, 5) is 19.0. The number of ether oxygens (including phenoxy) is 2. The fraction of sp³-hybridized carbons (Fsp3) is 0.304. The molecule has 4 rings (SSSR count). The monoisotopic (exact) mass is 391 g/mol. The molecule has 1 saturated heterocycles. The Balaban J connectivity index is 1.57. The van der Waals surface area contributed by atoms with Crippen LogP contribution in [0.5, 0.6) is 11.5 Å². The number of aromatic nitrogens is 2. The van der Waals surface area contributed by atoms with Gasteiger partial charge in [-0.3, -0.25) is 4.79 Å². The van der Waals surface area contributed by atoms with Gasteiger partial charge in [0.2, 0.25) is 5.91 Å². The predicted octanol–water partition coefficient (Wildman–Crippen LogP) is 3.63. The van der Waals surface area contributed by atoms with Gasteiger partial charge in [0.15, 0.2) is 11.5 Å². The number of imidazole rings is 1. The van der Waals surface area contributed by atoms with E-state index in [9.17, 15) is 4.79 Å². The van der Waals surface area contributed by atoms with Gasteiger partial charge in [0, 0.05) is 25.4 Å². The number of carbonyl (C=O) groups is 1. The number of hydrogen-bond donors (Lipinski definition) is 0. The summed E-state index contributed by atoms with van der Waals surface area (Å²) in [6.07, 6.45) is 2.24. The lowest BCUT2D eigenvalue weighted by atomic mass is 10.1. The number of benzene rings is 2. The summed E-state index contributed by atoms with van der Waals surface area (Å²) in [6, 6.07) is 15.7. The van der Waals surface area contributed by atoms with Crippen LogP contribution in [0.4, 0.5) is 0 Å². The van der Waals surface area contributed by atoms with Gasteiger partial charge in [0.05, 0.1) is 24.7 Å². The molecule has 0 radical (unpaired) electrons. The third kappa shape index (κ3) is 3.83. The number of methoxy groups -OCH3 is 1. The Morgan fingerprint density at radius 2 is 1.93 bits per heavy atom. The van der Waals surface area contributed by atoms with Gasteiger partial charge in [0.25, 0.3) is 0 Å². The minimum Gasteiger partial charge on any atom is -0.493 e. The van der Waals surface area contributed by atoms with Gasteiger partial charge in [-0.25, -0.2) is 4.98 Å². The molecule has 0 aliphatic carbocycles. The van der Waals surface area contributed by atoms with Gasteiger partial charge in [0.1, 0.15) is 12.4 Å². The van der Waals surface area contributed by atoms with Crippen molar-refractivity contribution >= 4 is 16.9 Å². The molecular formula is C23H25N3O3. The lowest BCUT2D eigenvalue weighted by molar-refractivity contribution is -0.127. The Hall–Kier alpha value is -3.28. The molecule has 1 fully saturated rings. The van der Waals surface area contributed by atoms with Crippen molar-refractivity contribution in [2.75, 3.05) is 26.8 Å². The summed E-state index contributed by atoms with van der Waals surface area (Å²) >= 11 is 0. The van der Waals surface area contributed by atoms with Crippen LogP contribution in [0.25, 0.3) is 11.0 Å². The molecule has 1 atom stereocenters. The molecule has 6 heteroatoms. The van der Waals surface area contributed by atoms with Gasteiger partial charge < -0.3 is 18.9 Å². The van der Waals surface area contributed by atoms with E-state index >= 15 is 0 Å². The zero-order chi connectivity index (χ0) is 20.2. The van der Waals surface area contributed by atoms with E-state index in [1.54, 1.807) is 13.2 Å². The number of para-hydroxylation sites is 4. The SMILES string of the molecule is C=CCN1CC(c2nc3ccccc3n2CCOc2ccccc2OC)CC1=O. The van der Waals surface area contributed by atoms with Crippen LogP contribution in [-0.4, -0.2) is 47.2 Å². The van der Waals surface area contributed by atoms with Crippen LogP contribution in [0, 0.1) is 0 Å². The molecule has 0 saturated carbocycles. The Morgan fingerprint density at radius 3 is 2.72 bits per heavy atom. The summed E-state index contributed by atoms with van der Waals surface area (Å²) in [6.45, 7) is 6.11. The van der Waals surface area contributed by atoms with E-state index < -0.39 is 0 Å². The van der Waals surface area contributed by atoms with Crippen LogP contribution in [0.3, 0.4) is 0 Å². The van der Waals surface area contributed by atoms with Crippen LogP contribution in [0.1, 0.15) is 18.2 Å². The minimum absolute atomic E-state index is 0.0705. The fourth-order valence-electron chi connectivity index (χ4n) is 3.90. The molecule has 0 spiro atoms. The van der Waals surface area contributed by atoms with E-state index in [2.05, 4.69) is 17.2 Å². The average Bonchev–Trinajstić information content (AvgIpc) is 3.29. The van der Waals surface area contributed by atoms with E-state index in [-0.39, 0.29) is 11.8 Å². The summed E-state index contributed by atoms with van der Waals surface area (Å²) in [5.74, 6) is 2.59. The first-order valence-electron chi connectivity index (χ1n) is 9.81. The third-order valence-electron chi connectivity index (χ3n) is 5.25. The van der Waals surface area contributed by atoms with E-state index in [1.807, 2.05) is 47.4 Å². The Bertz CT molecular complexity index is 1030. The maximum atomic E-state index is 12.3. The fourth-order valence-corrected chi connectivity index (χ4v) is 3.90. The Labute approximate surface area is 170 Å². The normalized spacial score (nSPS) is 16.4. The second-order valence-electron chi connectivity index (χ2n) is 7.10. The summed E-state index contributed by atoms with van der Waals surface area (Å²) < 4.78 is 13.5. The van der Waals surface area contributed by atoms with Gasteiger partial charge in [-0.2, -0.15) is 0 Å².